The van der Waals surface area contributed by atoms with Crippen LogP contribution in [-0.2, 0) is 6.18 Å². The average molecular weight is 282 g/mol. The summed E-state index contributed by atoms with van der Waals surface area (Å²) in [6, 6.07) is 2.24. The van der Waals surface area contributed by atoms with E-state index in [1.807, 2.05) is 0 Å². The van der Waals surface area contributed by atoms with Crippen LogP contribution in [0.3, 0.4) is 0 Å². The summed E-state index contributed by atoms with van der Waals surface area (Å²) in [4.78, 5) is 0. The molecule has 0 aromatic heterocycles. The zero-order valence-electron chi connectivity index (χ0n) is 9.99. The van der Waals surface area contributed by atoms with Crippen LogP contribution in [0.15, 0.2) is 18.2 Å². The van der Waals surface area contributed by atoms with Gasteiger partial charge in [-0.15, -0.1) is 0 Å². The fraction of sp³-hybridized carbons (Fsp3) is 0.455. The Hall–Kier alpha value is -1.34. The Balaban J connectivity index is 3.24. The molecule has 0 saturated carbocycles. The van der Waals surface area contributed by atoms with E-state index in [1.165, 1.54) is 0 Å². The molecular weight excluding hydrogens is 273 g/mol. The largest absolute Gasteiger partial charge is 0.478 e. The van der Waals surface area contributed by atoms with Crippen molar-refractivity contribution in [3.8, 4) is 5.75 Å². The summed E-state index contributed by atoms with van der Waals surface area (Å²) in [6.45, 7) is 1.27. The van der Waals surface area contributed by atoms with Crippen LogP contribution in [0, 0.1) is 0 Å². The van der Waals surface area contributed by atoms with Gasteiger partial charge in [-0.1, -0.05) is 11.5 Å². The summed E-state index contributed by atoms with van der Waals surface area (Å²) in [5.41, 5.74) is -4.19. The van der Waals surface area contributed by atoms with Gasteiger partial charge >= 0.3 is 12.4 Å². The summed E-state index contributed by atoms with van der Waals surface area (Å²) < 4.78 is 80.3. The van der Waals surface area contributed by atoms with Gasteiger partial charge in [-0.05, 0) is 26.0 Å². The summed E-state index contributed by atoms with van der Waals surface area (Å²) >= 11 is 0. The smallest absolute Gasteiger partial charge is 0.427 e. The van der Waals surface area contributed by atoms with Crippen LogP contribution >= 0.6 is 0 Å². The SMILES string of the molecule is [B]c1ccc(C(F)(F)F)c(OC(C)(C)C(F)(F)F)c1. The molecule has 1 rings (SSSR count). The molecule has 0 aliphatic heterocycles. The molecule has 0 bridgehead atoms. The summed E-state index contributed by atoms with van der Waals surface area (Å²) in [5, 5.41) is 0. The average Bonchev–Trinajstić information content (AvgIpc) is 2.12. The third-order valence-corrected chi connectivity index (χ3v) is 2.36. The molecule has 2 radical (unpaired) electrons. The summed E-state index contributed by atoms with van der Waals surface area (Å²) in [6.07, 6.45) is -9.65. The first-order chi connectivity index (χ1) is 8.34. The van der Waals surface area contributed by atoms with Gasteiger partial charge in [0.2, 0.25) is 0 Å². The van der Waals surface area contributed by atoms with Crippen molar-refractivity contribution in [2.45, 2.75) is 31.8 Å². The van der Waals surface area contributed by atoms with Crippen LogP contribution in [-0.4, -0.2) is 19.6 Å². The lowest BCUT2D eigenvalue weighted by molar-refractivity contribution is -0.236. The minimum atomic E-state index is -4.83. The highest BCUT2D eigenvalue weighted by Crippen LogP contribution is 2.40. The lowest BCUT2D eigenvalue weighted by Gasteiger charge is -2.30. The lowest BCUT2D eigenvalue weighted by atomic mass is 9.94. The molecule has 0 saturated heterocycles. The van der Waals surface area contributed by atoms with Gasteiger partial charge in [-0.2, -0.15) is 26.3 Å². The van der Waals surface area contributed by atoms with Gasteiger partial charge in [0, 0.05) is 0 Å². The van der Waals surface area contributed by atoms with Gasteiger partial charge in [-0.3, -0.25) is 0 Å². The van der Waals surface area contributed by atoms with Crippen LogP contribution in [0.1, 0.15) is 19.4 Å². The predicted molar refractivity (Wildman–Crippen MR) is 57.6 cm³/mol. The summed E-state index contributed by atoms with van der Waals surface area (Å²) in [7, 11) is 5.27. The molecule has 1 aromatic carbocycles. The number of halogens is 6. The first kappa shape index (κ1) is 15.7. The lowest BCUT2D eigenvalue weighted by Crippen LogP contribution is -2.45. The first-order valence-corrected chi connectivity index (χ1v) is 5.07. The Morgan fingerprint density at radius 1 is 1.00 bits per heavy atom. The molecule has 0 spiro atoms. The van der Waals surface area contributed by atoms with Gasteiger partial charge in [0.05, 0.1) is 5.56 Å². The molecule has 0 unspecified atom stereocenters. The van der Waals surface area contributed by atoms with Gasteiger partial charge < -0.3 is 4.74 Å². The molecule has 0 aliphatic carbocycles. The van der Waals surface area contributed by atoms with Crippen molar-refractivity contribution in [1.29, 1.82) is 0 Å². The maximum Gasteiger partial charge on any atom is 0.427 e. The van der Waals surface area contributed by atoms with Crippen molar-refractivity contribution in [1.82, 2.24) is 0 Å². The first-order valence-electron chi connectivity index (χ1n) is 5.07. The molecule has 19 heavy (non-hydrogen) atoms. The quantitative estimate of drug-likeness (QED) is 0.597. The highest BCUT2D eigenvalue weighted by Gasteiger charge is 2.50. The van der Waals surface area contributed by atoms with Crippen LogP contribution in [0.4, 0.5) is 26.3 Å². The molecular formula is C11H9BF6O. The second-order valence-electron chi connectivity index (χ2n) is 4.36. The Labute approximate surface area is 107 Å². The molecule has 0 amide bonds. The second kappa shape index (κ2) is 4.65. The van der Waals surface area contributed by atoms with E-state index < -0.39 is 29.3 Å². The number of benzene rings is 1. The highest BCUT2D eigenvalue weighted by atomic mass is 19.4. The van der Waals surface area contributed by atoms with Gasteiger partial charge in [0.25, 0.3) is 0 Å². The molecule has 1 aromatic rings. The zero-order valence-corrected chi connectivity index (χ0v) is 9.99. The van der Waals surface area contributed by atoms with Crippen molar-refractivity contribution in [2.75, 3.05) is 0 Å². The number of hydrogen-bond donors (Lipinski definition) is 0. The highest BCUT2D eigenvalue weighted by molar-refractivity contribution is 6.32. The molecule has 0 atom stereocenters. The van der Waals surface area contributed by atoms with Crippen LogP contribution in [0.5, 0.6) is 5.75 Å². The van der Waals surface area contributed by atoms with E-state index in [2.05, 4.69) is 4.74 Å². The van der Waals surface area contributed by atoms with E-state index in [4.69, 9.17) is 7.85 Å². The van der Waals surface area contributed by atoms with E-state index in [-0.39, 0.29) is 5.46 Å². The van der Waals surface area contributed by atoms with E-state index >= 15 is 0 Å². The van der Waals surface area contributed by atoms with Crippen molar-refractivity contribution in [3.63, 3.8) is 0 Å². The molecule has 0 heterocycles. The molecule has 1 nitrogen and oxygen atoms in total. The molecule has 0 fully saturated rings. The Kier molecular flexibility index (Phi) is 3.85. The number of alkyl halides is 6. The minimum absolute atomic E-state index is 0.124. The number of hydrogen-bond acceptors (Lipinski definition) is 1. The molecule has 0 N–H and O–H groups in total. The van der Waals surface area contributed by atoms with E-state index in [1.54, 1.807) is 0 Å². The fourth-order valence-electron chi connectivity index (χ4n) is 1.19. The maximum atomic E-state index is 12.6. The maximum absolute atomic E-state index is 12.6. The van der Waals surface area contributed by atoms with Crippen LogP contribution < -0.4 is 10.2 Å². The molecule has 104 valence electrons. The topological polar surface area (TPSA) is 9.23 Å². The predicted octanol–water partition coefficient (Wildman–Crippen LogP) is 3.22. The third kappa shape index (κ3) is 3.57. The molecule has 8 heteroatoms. The van der Waals surface area contributed by atoms with Gasteiger partial charge in [-0.25, -0.2) is 0 Å². The molecule has 0 aliphatic rings. The van der Waals surface area contributed by atoms with Gasteiger partial charge in [0.15, 0.2) is 5.60 Å². The zero-order chi connectivity index (χ0) is 15.1. The van der Waals surface area contributed by atoms with Crippen LogP contribution in [0.25, 0.3) is 0 Å². The van der Waals surface area contributed by atoms with Crippen molar-refractivity contribution < 1.29 is 31.1 Å². The van der Waals surface area contributed by atoms with Crippen molar-refractivity contribution >= 4 is 13.3 Å². The Morgan fingerprint density at radius 3 is 1.95 bits per heavy atom. The van der Waals surface area contributed by atoms with Crippen molar-refractivity contribution in [3.05, 3.63) is 23.8 Å². The van der Waals surface area contributed by atoms with E-state index in [9.17, 15) is 26.3 Å². The fourth-order valence-corrected chi connectivity index (χ4v) is 1.19. The van der Waals surface area contributed by atoms with Gasteiger partial charge in [0.1, 0.15) is 13.6 Å². The Morgan fingerprint density at radius 2 is 1.53 bits per heavy atom. The second-order valence-corrected chi connectivity index (χ2v) is 4.36. The summed E-state index contributed by atoms with van der Waals surface area (Å²) in [5.74, 6) is -0.949. The number of rotatable bonds is 2. The normalized spacial score (nSPS) is 13.5. The Bertz CT molecular complexity index is 463. The van der Waals surface area contributed by atoms with E-state index in [0.717, 1.165) is 12.1 Å². The van der Waals surface area contributed by atoms with Crippen molar-refractivity contribution in [2.24, 2.45) is 0 Å². The van der Waals surface area contributed by atoms with Crippen LogP contribution in [0.2, 0.25) is 0 Å². The number of ether oxygens (including phenoxy) is 1. The monoisotopic (exact) mass is 282 g/mol. The minimum Gasteiger partial charge on any atom is -0.478 e. The van der Waals surface area contributed by atoms with E-state index in [0.29, 0.717) is 19.9 Å². The standard InChI is InChI=1S/C11H9BF6O/c1-9(2,11(16,17)18)19-8-5-6(12)3-4-7(8)10(13,14)15/h3-5H,1-2H3. The third-order valence-electron chi connectivity index (χ3n) is 2.36.